The van der Waals surface area contributed by atoms with Crippen LogP contribution in [0.1, 0.15) is 65.3 Å². The van der Waals surface area contributed by atoms with Crippen molar-refractivity contribution in [3.8, 4) is 0 Å². The maximum absolute atomic E-state index is 13.1. The van der Waals surface area contributed by atoms with Crippen LogP contribution in [0, 0.1) is 11.8 Å². The Labute approximate surface area is 142 Å². The van der Waals surface area contributed by atoms with E-state index in [0.29, 0.717) is 30.9 Å². The van der Waals surface area contributed by atoms with Gasteiger partial charge in [0.2, 0.25) is 0 Å². The van der Waals surface area contributed by atoms with E-state index in [4.69, 9.17) is 0 Å². The molecule has 0 aromatic heterocycles. The Morgan fingerprint density at radius 3 is 2.96 bits per heavy atom. The number of nitrogens with zero attached hydrogens (tertiary/aromatic N) is 1. The van der Waals surface area contributed by atoms with Crippen molar-refractivity contribution in [2.75, 3.05) is 13.1 Å². The van der Waals surface area contributed by atoms with Crippen LogP contribution in [0.3, 0.4) is 0 Å². The average Bonchev–Trinajstić information content (AvgIpc) is 3.19. The van der Waals surface area contributed by atoms with Gasteiger partial charge in [-0.15, -0.1) is 0 Å². The van der Waals surface area contributed by atoms with Gasteiger partial charge < -0.3 is 10.0 Å². The zero-order chi connectivity index (χ0) is 16.9. The SMILES string of the molecule is CC[C@]1(O)CCC[C@H]2CN(C(=O)c3cccc4c3CCC4=O)C[C@H]21. The Hall–Kier alpha value is -1.68. The van der Waals surface area contributed by atoms with Gasteiger partial charge in [0.25, 0.3) is 5.91 Å². The third-order valence-electron chi connectivity index (χ3n) is 6.52. The highest BCUT2D eigenvalue weighted by atomic mass is 16.3. The van der Waals surface area contributed by atoms with E-state index in [-0.39, 0.29) is 17.6 Å². The van der Waals surface area contributed by atoms with Crippen molar-refractivity contribution < 1.29 is 14.7 Å². The molecule has 0 spiro atoms. The molecular formula is C20H25NO3. The summed E-state index contributed by atoms with van der Waals surface area (Å²) in [5.74, 6) is 0.786. The van der Waals surface area contributed by atoms with Crippen LogP contribution in [-0.4, -0.2) is 40.4 Å². The van der Waals surface area contributed by atoms with Gasteiger partial charge in [-0.1, -0.05) is 25.5 Å². The predicted molar refractivity (Wildman–Crippen MR) is 91.1 cm³/mol. The molecule has 3 atom stereocenters. The van der Waals surface area contributed by atoms with Crippen molar-refractivity contribution in [2.45, 2.75) is 51.0 Å². The van der Waals surface area contributed by atoms with Gasteiger partial charge in [0.05, 0.1) is 5.60 Å². The molecular weight excluding hydrogens is 302 g/mol. The number of hydrogen-bond acceptors (Lipinski definition) is 3. The van der Waals surface area contributed by atoms with E-state index in [1.807, 2.05) is 30.0 Å². The molecule has 1 saturated heterocycles. The Morgan fingerprint density at radius 1 is 1.33 bits per heavy atom. The van der Waals surface area contributed by atoms with Gasteiger partial charge in [-0.25, -0.2) is 0 Å². The number of fused-ring (bicyclic) bond motifs is 2. The van der Waals surface area contributed by atoms with Crippen LogP contribution in [-0.2, 0) is 6.42 Å². The fourth-order valence-corrected chi connectivity index (χ4v) is 5.09. The van der Waals surface area contributed by atoms with E-state index in [9.17, 15) is 14.7 Å². The molecule has 0 unspecified atom stereocenters. The fourth-order valence-electron chi connectivity index (χ4n) is 5.09. The van der Waals surface area contributed by atoms with Crippen molar-refractivity contribution in [1.29, 1.82) is 0 Å². The summed E-state index contributed by atoms with van der Waals surface area (Å²) >= 11 is 0. The van der Waals surface area contributed by atoms with Gasteiger partial charge in [0.1, 0.15) is 0 Å². The Morgan fingerprint density at radius 2 is 2.17 bits per heavy atom. The molecule has 3 aliphatic rings. The van der Waals surface area contributed by atoms with E-state index in [0.717, 1.165) is 43.4 Å². The van der Waals surface area contributed by atoms with Gasteiger partial charge in [-0.05, 0) is 43.2 Å². The smallest absolute Gasteiger partial charge is 0.254 e. The van der Waals surface area contributed by atoms with Crippen LogP contribution in [0.25, 0.3) is 0 Å². The van der Waals surface area contributed by atoms with Gasteiger partial charge in [-0.2, -0.15) is 0 Å². The number of aliphatic hydroxyl groups is 1. The molecule has 1 heterocycles. The standard InChI is InChI=1S/C20H25NO3/c1-2-20(24)10-4-5-13-11-21(12-17(13)20)19(23)16-7-3-6-15-14(16)8-9-18(15)22/h3,6-7,13,17,24H,2,4-5,8-12H2,1H3/t13-,17+,20-/m0/s1. The number of carbonyl (C=O) groups excluding carboxylic acids is 2. The van der Waals surface area contributed by atoms with Gasteiger partial charge in [0.15, 0.2) is 5.78 Å². The van der Waals surface area contributed by atoms with E-state index in [2.05, 4.69) is 0 Å². The molecule has 0 radical (unpaired) electrons. The van der Waals surface area contributed by atoms with Crippen molar-refractivity contribution in [3.05, 3.63) is 34.9 Å². The quantitative estimate of drug-likeness (QED) is 0.909. The number of amides is 1. The Balaban J connectivity index is 1.60. The Bertz CT molecular complexity index is 698. The van der Waals surface area contributed by atoms with Gasteiger partial charge >= 0.3 is 0 Å². The summed E-state index contributed by atoms with van der Waals surface area (Å²) in [6.45, 7) is 3.43. The number of carbonyl (C=O) groups is 2. The van der Waals surface area contributed by atoms with Crippen LogP contribution in [0.2, 0.25) is 0 Å². The lowest BCUT2D eigenvalue weighted by atomic mass is 9.69. The van der Waals surface area contributed by atoms with Crippen LogP contribution < -0.4 is 0 Å². The normalized spacial score (nSPS) is 31.9. The van der Waals surface area contributed by atoms with Crippen LogP contribution >= 0.6 is 0 Å². The highest BCUT2D eigenvalue weighted by Gasteiger charge is 2.49. The molecule has 1 amide bonds. The first-order valence-corrected chi connectivity index (χ1v) is 9.20. The van der Waals surface area contributed by atoms with Crippen molar-refractivity contribution in [1.82, 2.24) is 4.90 Å². The number of benzene rings is 1. The number of Topliss-reactive ketones (excluding diaryl/α,β-unsaturated/α-hetero) is 1. The molecule has 2 fully saturated rings. The minimum Gasteiger partial charge on any atom is -0.390 e. The van der Waals surface area contributed by atoms with Gasteiger partial charge in [-0.3, -0.25) is 9.59 Å². The third kappa shape index (κ3) is 2.31. The zero-order valence-electron chi connectivity index (χ0n) is 14.3. The summed E-state index contributed by atoms with van der Waals surface area (Å²) < 4.78 is 0. The first kappa shape index (κ1) is 15.8. The first-order chi connectivity index (χ1) is 11.5. The predicted octanol–water partition coefficient (Wildman–Crippen LogP) is 2.83. The minimum absolute atomic E-state index is 0.0365. The maximum atomic E-state index is 13.1. The summed E-state index contributed by atoms with van der Waals surface area (Å²) in [7, 11) is 0. The summed E-state index contributed by atoms with van der Waals surface area (Å²) in [6, 6.07) is 5.51. The molecule has 4 heteroatoms. The van der Waals surface area contributed by atoms with Gasteiger partial charge in [0, 0.05) is 36.6 Å². The maximum Gasteiger partial charge on any atom is 0.254 e. The Kier molecular flexibility index (Phi) is 3.75. The lowest BCUT2D eigenvalue weighted by molar-refractivity contribution is -0.0609. The van der Waals surface area contributed by atoms with E-state index >= 15 is 0 Å². The van der Waals surface area contributed by atoms with E-state index in [1.165, 1.54) is 0 Å². The molecule has 1 saturated carbocycles. The molecule has 1 aromatic carbocycles. The molecule has 2 aliphatic carbocycles. The molecule has 1 N–H and O–H groups in total. The number of likely N-dealkylation sites (tertiary alicyclic amines) is 1. The second-order valence-corrected chi connectivity index (χ2v) is 7.68. The van der Waals surface area contributed by atoms with Crippen LogP contribution in [0.5, 0.6) is 0 Å². The van der Waals surface area contributed by atoms with Crippen molar-refractivity contribution >= 4 is 11.7 Å². The highest BCUT2D eigenvalue weighted by molar-refractivity contribution is 6.05. The second-order valence-electron chi connectivity index (χ2n) is 7.68. The topological polar surface area (TPSA) is 57.6 Å². The molecule has 128 valence electrons. The second kappa shape index (κ2) is 5.69. The lowest BCUT2D eigenvalue weighted by Gasteiger charge is -2.40. The fraction of sp³-hybridized carbons (Fsp3) is 0.600. The summed E-state index contributed by atoms with van der Waals surface area (Å²) in [4.78, 5) is 26.9. The summed E-state index contributed by atoms with van der Waals surface area (Å²) in [5.41, 5.74) is 1.72. The molecule has 24 heavy (non-hydrogen) atoms. The minimum atomic E-state index is -0.619. The van der Waals surface area contributed by atoms with E-state index < -0.39 is 5.60 Å². The number of hydrogen-bond donors (Lipinski definition) is 1. The first-order valence-electron chi connectivity index (χ1n) is 9.20. The average molecular weight is 327 g/mol. The monoisotopic (exact) mass is 327 g/mol. The molecule has 0 bridgehead atoms. The van der Waals surface area contributed by atoms with Crippen molar-refractivity contribution in [2.24, 2.45) is 11.8 Å². The molecule has 4 nitrogen and oxygen atoms in total. The number of ketones is 1. The zero-order valence-corrected chi connectivity index (χ0v) is 14.3. The lowest BCUT2D eigenvalue weighted by Crippen LogP contribution is -2.44. The highest BCUT2D eigenvalue weighted by Crippen LogP contribution is 2.44. The van der Waals surface area contributed by atoms with Crippen LogP contribution in [0.4, 0.5) is 0 Å². The summed E-state index contributed by atoms with van der Waals surface area (Å²) in [5, 5.41) is 10.9. The molecule has 4 rings (SSSR count). The largest absolute Gasteiger partial charge is 0.390 e. The number of rotatable bonds is 2. The third-order valence-corrected chi connectivity index (χ3v) is 6.52. The van der Waals surface area contributed by atoms with Crippen molar-refractivity contribution in [3.63, 3.8) is 0 Å². The van der Waals surface area contributed by atoms with E-state index in [1.54, 1.807) is 0 Å². The van der Waals surface area contributed by atoms with Crippen LogP contribution in [0.15, 0.2) is 18.2 Å². The molecule has 1 aromatic rings. The summed E-state index contributed by atoms with van der Waals surface area (Å²) in [6.07, 6.45) is 4.94. The molecule has 1 aliphatic heterocycles.